The fourth-order valence-electron chi connectivity index (χ4n) is 4.17. The van der Waals surface area contributed by atoms with Crippen LogP contribution in [0.1, 0.15) is 65.7 Å². The minimum absolute atomic E-state index is 0.205. The molecule has 3 unspecified atom stereocenters. The van der Waals surface area contributed by atoms with E-state index in [4.69, 9.17) is 0 Å². The molecule has 116 valence electrons. The Morgan fingerprint density at radius 2 is 1.80 bits per heavy atom. The molecule has 0 radical (unpaired) electrons. The van der Waals surface area contributed by atoms with Gasteiger partial charge in [-0.1, -0.05) is 25.7 Å². The van der Waals surface area contributed by atoms with Crippen molar-refractivity contribution in [1.29, 1.82) is 0 Å². The molecule has 20 heavy (non-hydrogen) atoms. The molecule has 0 aromatic carbocycles. The van der Waals surface area contributed by atoms with Crippen LogP contribution in [0, 0.1) is 17.8 Å². The molecule has 0 aliphatic heterocycles. The van der Waals surface area contributed by atoms with E-state index in [2.05, 4.69) is 0 Å². The van der Waals surface area contributed by atoms with Crippen molar-refractivity contribution in [3.63, 3.8) is 0 Å². The Hall–Kier alpha value is -0.570. The summed E-state index contributed by atoms with van der Waals surface area (Å²) in [6, 6.07) is 0. The largest absolute Gasteiger partial charge is 0.389 e. The van der Waals surface area contributed by atoms with E-state index in [0.29, 0.717) is 13.1 Å². The second kappa shape index (κ2) is 6.46. The van der Waals surface area contributed by atoms with E-state index >= 15 is 0 Å². The van der Waals surface area contributed by atoms with Gasteiger partial charge >= 0.3 is 0 Å². The lowest BCUT2D eigenvalue weighted by atomic mass is 9.67. The molecule has 1 amide bonds. The fourth-order valence-corrected chi connectivity index (χ4v) is 4.17. The SMILES string of the molecule is CCN(CC(C)(C)O)C(=O)C1CCC2CCCCC2C1. The molecule has 3 atom stereocenters. The van der Waals surface area contributed by atoms with Gasteiger partial charge < -0.3 is 10.0 Å². The Bertz CT molecular complexity index is 334. The predicted octanol–water partition coefficient (Wildman–Crippen LogP) is 3.21. The molecule has 0 aromatic rings. The third kappa shape index (κ3) is 3.97. The molecule has 0 aromatic heterocycles. The van der Waals surface area contributed by atoms with Crippen LogP contribution in [-0.2, 0) is 4.79 Å². The summed E-state index contributed by atoms with van der Waals surface area (Å²) in [5.74, 6) is 2.15. The molecule has 2 rings (SSSR count). The molecule has 0 saturated heterocycles. The van der Waals surface area contributed by atoms with E-state index < -0.39 is 5.60 Å². The van der Waals surface area contributed by atoms with Crippen LogP contribution in [0.3, 0.4) is 0 Å². The van der Waals surface area contributed by atoms with Crippen molar-refractivity contribution in [3.8, 4) is 0 Å². The summed E-state index contributed by atoms with van der Waals surface area (Å²) in [6.07, 6.45) is 8.83. The first-order valence-corrected chi connectivity index (χ1v) is 8.42. The van der Waals surface area contributed by atoms with Crippen LogP contribution in [0.4, 0.5) is 0 Å². The Morgan fingerprint density at radius 3 is 2.40 bits per heavy atom. The summed E-state index contributed by atoms with van der Waals surface area (Å²) in [4.78, 5) is 14.6. The number of amides is 1. The van der Waals surface area contributed by atoms with Crippen molar-refractivity contribution in [3.05, 3.63) is 0 Å². The average molecular weight is 281 g/mol. The molecule has 3 heteroatoms. The van der Waals surface area contributed by atoms with Crippen LogP contribution in [0.2, 0.25) is 0 Å². The smallest absolute Gasteiger partial charge is 0.225 e. The van der Waals surface area contributed by atoms with Gasteiger partial charge in [0.25, 0.3) is 0 Å². The topological polar surface area (TPSA) is 40.5 Å². The Morgan fingerprint density at radius 1 is 1.15 bits per heavy atom. The summed E-state index contributed by atoms with van der Waals surface area (Å²) in [5, 5.41) is 9.96. The average Bonchev–Trinajstić information content (AvgIpc) is 2.42. The molecular weight excluding hydrogens is 250 g/mol. The summed E-state index contributed by atoms with van der Waals surface area (Å²) < 4.78 is 0. The van der Waals surface area contributed by atoms with Crippen LogP contribution in [0.15, 0.2) is 0 Å². The standard InChI is InChI=1S/C17H31NO2/c1-4-18(12-17(2,3)20)16(19)15-10-9-13-7-5-6-8-14(13)11-15/h13-15,20H,4-12H2,1-3H3. The van der Waals surface area contributed by atoms with E-state index in [-0.39, 0.29) is 11.8 Å². The number of carbonyl (C=O) groups is 1. The summed E-state index contributed by atoms with van der Waals surface area (Å²) in [5.41, 5.74) is -0.798. The molecule has 2 saturated carbocycles. The Labute approximate surface area is 123 Å². The minimum Gasteiger partial charge on any atom is -0.389 e. The number of hydrogen-bond acceptors (Lipinski definition) is 2. The maximum Gasteiger partial charge on any atom is 0.225 e. The van der Waals surface area contributed by atoms with Crippen LogP contribution in [-0.4, -0.2) is 34.6 Å². The highest BCUT2D eigenvalue weighted by Crippen LogP contribution is 2.43. The maximum atomic E-state index is 12.7. The van der Waals surface area contributed by atoms with Gasteiger partial charge in [-0.3, -0.25) is 4.79 Å². The van der Waals surface area contributed by atoms with Crippen LogP contribution in [0.5, 0.6) is 0 Å². The van der Waals surface area contributed by atoms with Crippen LogP contribution >= 0.6 is 0 Å². The van der Waals surface area contributed by atoms with Gasteiger partial charge in [0, 0.05) is 19.0 Å². The number of hydrogen-bond donors (Lipinski definition) is 1. The Balaban J connectivity index is 1.94. The van der Waals surface area contributed by atoms with Crippen molar-refractivity contribution in [2.75, 3.05) is 13.1 Å². The third-order valence-corrected chi connectivity index (χ3v) is 5.16. The zero-order valence-electron chi connectivity index (χ0n) is 13.4. The second-order valence-corrected chi connectivity index (χ2v) is 7.48. The number of nitrogens with zero attached hydrogens (tertiary/aromatic N) is 1. The lowest BCUT2D eigenvalue weighted by Crippen LogP contribution is -2.46. The van der Waals surface area contributed by atoms with Crippen molar-refractivity contribution >= 4 is 5.91 Å². The van der Waals surface area contributed by atoms with E-state index in [1.165, 1.54) is 32.1 Å². The zero-order valence-corrected chi connectivity index (χ0v) is 13.4. The first-order valence-electron chi connectivity index (χ1n) is 8.42. The fraction of sp³-hybridized carbons (Fsp3) is 0.941. The molecular formula is C17H31NO2. The zero-order chi connectivity index (χ0) is 14.8. The molecule has 2 fully saturated rings. The molecule has 2 aliphatic rings. The van der Waals surface area contributed by atoms with Crippen LogP contribution in [0.25, 0.3) is 0 Å². The summed E-state index contributed by atoms with van der Waals surface area (Å²) >= 11 is 0. The monoisotopic (exact) mass is 281 g/mol. The van der Waals surface area contributed by atoms with Crippen molar-refractivity contribution in [2.24, 2.45) is 17.8 Å². The molecule has 0 heterocycles. The van der Waals surface area contributed by atoms with Gasteiger partial charge in [0.1, 0.15) is 0 Å². The highest BCUT2D eigenvalue weighted by molar-refractivity contribution is 5.79. The van der Waals surface area contributed by atoms with Crippen molar-refractivity contribution in [1.82, 2.24) is 4.90 Å². The number of fused-ring (bicyclic) bond motifs is 1. The van der Waals surface area contributed by atoms with Gasteiger partial charge in [-0.25, -0.2) is 0 Å². The molecule has 1 N–H and O–H groups in total. The number of rotatable bonds is 4. The van der Waals surface area contributed by atoms with Gasteiger partial charge in [-0.15, -0.1) is 0 Å². The van der Waals surface area contributed by atoms with Gasteiger partial charge in [0.2, 0.25) is 5.91 Å². The predicted molar refractivity (Wildman–Crippen MR) is 81.3 cm³/mol. The van der Waals surface area contributed by atoms with Crippen molar-refractivity contribution < 1.29 is 9.90 Å². The highest BCUT2D eigenvalue weighted by atomic mass is 16.3. The van der Waals surface area contributed by atoms with Gasteiger partial charge in [0.15, 0.2) is 0 Å². The lowest BCUT2D eigenvalue weighted by molar-refractivity contribution is -0.140. The number of aliphatic hydroxyl groups is 1. The first-order chi connectivity index (χ1) is 9.40. The van der Waals surface area contributed by atoms with E-state index in [9.17, 15) is 9.90 Å². The van der Waals surface area contributed by atoms with Gasteiger partial charge in [-0.05, 0) is 51.9 Å². The van der Waals surface area contributed by atoms with E-state index in [1.54, 1.807) is 13.8 Å². The first kappa shape index (κ1) is 15.8. The number of likely N-dealkylation sites (N-methyl/N-ethyl adjacent to an activating group) is 1. The van der Waals surface area contributed by atoms with E-state index in [0.717, 1.165) is 24.7 Å². The second-order valence-electron chi connectivity index (χ2n) is 7.48. The third-order valence-electron chi connectivity index (χ3n) is 5.16. The molecule has 0 bridgehead atoms. The normalized spacial score (nSPS) is 30.7. The quantitative estimate of drug-likeness (QED) is 0.859. The molecule has 2 aliphatic carbocycles. The number of carbonyl (C=O) groups excluding carboxylic acids is 1. The minimum atomic E-state index is -0.798. The summed E-state index contributed by atoms with van der Waals surface area (Å²) in [7, 11) is 0. The van der Waals surface area contributed by atoms with Gasteiger partial charge in [-0.2, -0.15) is 0 Å². The van der Waals surface area contributed by atoms with E-state index in [1.807, 2.05) is 11.8 Å². The Kier molecular flexibility index (Phi) is 5.11. The van der Waals surface area contributed by atoms with Crippen molar-refractivity contribution in [2.45, 2.75) is 71.3 Å². The molecule has 3 nitrogen and oxygen atoms in total. The highest BCUT2D eigenvalue weighted by Gasteiger charge is 2.36. The molecule has 0 spiro atoms. The van der Waals surface area contributed by atoms with Gasteiger partial charge in [0.05, 0.1) is 5.60 Å². The van der Waals surface area contributed by atoms with Crippen LogP contribution < -0.4 is 0 Å². The summed E-state index contributed by atoms with van der Waals surface area (Å²) in [6.45, 7) is 6.72. The lowest BCUT2D eigenvalue weighted by Gasteiger charge is -2.40. The maximum absolute atomic E-state index is 12.7.